The van der Waals surface area contributed by atoms with E-state index in [2.05, 4.69) is 39.8 Å². The highest BCUT2D eigenvalue weighted by molar-refractivity contribution is 7.80. The Labute approximate surface area is 142 Å². The number of benzene rings is 2. The summed E-state index contributed by atoms with van der Waals surface area (Å²) >= 11 is 5.24. The molecule has 5 heteroatoms. The fourth-order valence-electron chi connectivity index (χ4n) is 2.16. The van der Waals surface area contributed by atoms with Crippen molar-refractivity contribution in [1.82, 2.24) is 10.2 Å². The largest absolute Gasteiger partial charge is 0.358 e. The Morgan fingerprint density at radius 2 is 1.74 bits per heavy atom. The minimum atomic E-state index is -0.241. The van der Waals surface area contributed by atoms with Gasteiger partial charge in [0.25, 0.3) is 0 Å². The predicted molar refractivity (Wildman–Crippen MR) is 98.0 cm³/mol. The van der Waals surface area contributed by atoms with Crippen molar-refractivity contribution in [2.24, 2.45) is 0 Å². The van der Waals surface area contributed by atoms with E-state index in [1.54, 1.807) is 13.0 Å². The van der Waals surface area contributed by atoms with E-state index >= 15 is 0 Å². The van der Waals surface area contributed by atoms with Crippen LogP contribution in [-0.4, -0.2) is 24.1 Å². The summed E-state index contributed by atoms with van der Waals surface area (Å²) in [7, 11) is 4.10. The van der Waals surface area contributed by atoms with Gasteiger partial charge in [0.1, 0.15) is 5.82 Å². The topological polar surface area (TPSA) is 27.3 Å². The summed E-state index contributed by atoms with van der Waals surface area (Å²) in [6.45, 7) is 3.28. The number of thiocarbonyl (C=S) groups is 1. The first-order chi connectivity index (χ1) is 10.9. The van der Waals surface area contributed by atoms with Gasteiger partial charge in [0.2, 0.25) is 0 Å². The van der Waals surface area contributed by atoms with Gasteiger partial charge in [0.15, 0.2) is 5.11 Å². The van der Waals surface area contributed by atoms with Crippen LogP contribution < -0.4 is 10.6 Å². The molecule has 0 aromatic heterocycles. The molecule has 0 atom stereocenters. The molecule has 0 aliphatic heterocycles. The Balaban J connectivity index is 1.85. The molecule has 0 spiro atoms. The predicted octanol–water partition coefficient (Wildman–Crippen LogP) is 3.68. The van der Waals surface area contributed by atoms with Crippen molar-refractivity contribution < 1.29 is 4.39 Å². The number of nitrogens with one attached hydrogen (secondary N) is 2. The summed E-state index contributed by atoms with van der Waals surface area (Å²) in [4.78, 5) is 2.13. The van der Waals surface area contributed by atoms with E-state index in [-0.39, 0.29) is 5.82 Å². The lowest BCUT2D eigenvalue weighted by Crippen LogP contribution is -2.27. The first kappa shape index (κ1) is 17.4. The summed E-state index contributed by atoms with van der Waals surface area (Å²) in [6, 6.07) is 13.4. The molecule has 122 valence electrons. The smallest absolute Gasteiger partial charge is 0.171 e. The Morgan fingerprint density at radius 1 is 1.09 bits per heavy atom. The minimum Gasteiger partial charge on any atom is -0.358 e. The lowest BCUT2D eigenvalue weighted by atomic mass is 10.1. The summed E-state index contributed by atoms with van der Waals surface area (Å²) in [6.07, 6.45) is 0. The van der Waals surface area contributed by atoms with Crippen LogP contribution >= 0.6 is 12.2 Å². The molecule has 0 radical (unpaired) electrons. The second kappa shape index (κ2) is 8.04. The van der Waals surface area contributed by atoms with Gasteiger partial charge in [0.05, 0.1) is 0 Å². The molecular formula is C18H22FN3S. The van der Waals surface area contributed by atoms with Crippen LogP contribution in [0, 0.1) is 12.7 Å². The number of hydrogen-bond acceptors (Lipinski definition) is 2. The zero-order chi connectivity index (χ0) is 16.8. The van der Waals surface area contributed by atoms with Gasteiger partial charge >= 0.3 is 0 Å². The first-order valence-electron chi connectivity index (χ1n) is 7.47. The van der Waals surface area contributed by atoms with E-state index < -0.39 is 0 Å². The Morgan fingerprint density at radius 3 is 2.35 bits per heavy atom. The third-order valence-electron chi connectivity index (χ3n) is 3.40. The lowest BCUT2D eigenvalue weighted by Gasteiger charge is -2.12. The van der Waals surface area contributed by atoms with Crippen molar-refractivity contribution in [2.75, 3.05) is 19.4 Å². The van der Waals surface area contributed by atoms with E-state index in [0.29, 0.717) is 22.9 Å². The van der Waals surface area contributed by atoms with Crippen LogP contribution in [-0.2, 0) is 13.1 Å². The van der Waals surface area contributed by atoms with Crippen molar-refractivity contribution >= 4 is 23.0 Å². The molecule has 2 aromatic carbocycles. The van der Waals surface area contributed by atoms with Crippen molar-refractivity contribution in [1.29, 1.82) is 0 Å². The van der Waals surface area contributed by atoms with Crippen molar-refractivity contribution in [3.8, 4) is 0 Å². The van der Waals surface area contributed by atoms with Crippen LogP contribution in [0.3, 0.4) is 0 Å². The average molecular weight is 331 g/mol. The molecule has 0 fully saturated rings. The standard InChI is InChI=1S/C18H22FN3S/c1-13-4-9-16(10-17(13)19)21-18(23)20-11-14-5-7-15(8-6-14)12-22(2)3/h4-10H,11-12H2,1-3H3,(H2,20,21,23). The molecule has 0 aliphatic carbocycles. The van der Waals surface area contributed by atoms with Crippen LogP contribution in [0.25, 0.3) is 0 Å². The fraction of sp³-hybridized carbons (Fsp3) is 0.278. The second-order valence-electron chi connectivity index (χ2n) is 5.83. The molecule has 0 heterocycles. The van der Waals surface area contributed by atoms with Gasteiger partial charge in [-0.3, -0.25) is 0 Å². The molecule has 0 aliphatic rings. The fourth-order valence-corrected chi connectivity index (χ4v) is 2.35. The molecular weight excluding hydrogens is 309 g/mol. The molecule has 2 N–H and O–H groups in total. The zero-order valence-corrected chi connectivity index (χ0v) is 14.5. The van der Waals surface area contributed by atoms with Crippen molar-refractivity contribution in [3.63, 3.8) is 0 Å². The van der Waals surface area contributed by atoms with E-state index in [1.165, 1.54) is 11.6 Å². The summed E-state index contributed by atoms with van der Waals surface area (Å²) in [5, 5.41) is 6.60. The highest BCUT2D eigenvalue weighted by Gasteiger charge is 2.02. The van der Waals surface area contributed by atoms with Gasteiger partial charge in [-0.25, -0.2) is 4.39 Å². The maximum absolute atomic E-state index is 13.5. The summed E-state index contributed by atoms with van der Waals surface area (Å²) in [5.74, 6) is -0.241. The van der Waals surface area contributed by atoms with E-state index in [1.807, 2.05) is 20.2 Å². The molecule has 0 amide bonds. The maximum atomic E-state index is 13.5. The quantitative estimate of drug-likeness (QED) is 0.817. The number of nitrogens with zero attached hydrogens (tertiary/aromatic N) is 1. The van der Waals surface area contributed by atoms with Gasteiger partial charge in [-0.2, -0.15) is 0 Å². The molecule has 2 rings (SSSR count). The van der Waals surface area contributed by atoms with E-state index in [0.717, 1.165) is 12.1 Å². The van der Waals surface area contributed by atoms with Crippen LogP contribution in [0.4, 0.5) is 10.1 Å². The Hall–Kier alpha value is -1.98. The second-order valence-corrected chi connectivity index (χ2v) is 6.23. The molecule has 0 bridgehead atoms. The Bertz CT molecular complexity index is 668. The van der Waals surface area contributed by atoms with Gasteiger partial charge in [-0.05, 0) is 62.1 Å². The summed E-state index contributed by atoms with van der Waals surface area (Å²) < 4.78 is 13.5. The first-order valence-corrected chi connectivity index (χ1v) is 7.88. The third-order valence-corrected chi connectivity index (χ3v) is 3.65. The maximum Gasteiger partial charge on any atom is 0.171 e. The van der Waals surface area contributed by atoms with Crippen molar-refractivity contribution in [3.05, 3.63) is 65.0 Å². The lowest BCUT2D eigenvalue weighted by molar-refractivity contribution is 0.402. The number of hydrogen-bond donors (Lipinski definition) is 2. The van der Waals surface area contributed by atoms with Crippen molar-refractivity contribution in [2.45, 2.75) is 20.0 Å². The average Bonchev–Trinajstić information content (AvgIpc) is 2.50. The van der Waals surface area contributed by atoms with Crippen LogP contribution in [0.1, 0.15) is 16.7 Å². The monoisotopic (exact) mass is 331 g/mol. The molecule has 0 saturated carbocycles. The molecule has 0 unspecified atom stereocenters. The van der Waals surface area contributed by atoms with Crippen LogP contribution in [0.15, 0.2) is 42.5 Å². The third kappa shape index (κ3) is 5.62. The van der Waals surface area contributed by atoms with Gasteiger partial charge in [-0.15, -0.1) is 0 Å². The number of rotatable bonds is 5. The van der Waals surface area contributed by atoms with Crippen LogP contribution in [0.5, 0.6) is 0 Å². The summed E-state index contributed by atoms with van der Waals surface area (Å²) in [5.41, 5.74) is 3.68. The normalized spacial score (nSPS) is 10.7. The van der Waals surface area contributed by atoms with Gasteiger partial charge in [0, 0.05) is 18.8 Å². The minimum absolute atomic E-state index is 0.241. The molecule has 3 nitrogen and oxygen atoms in total. The molecule has 0 saturated heterocycles. The molecule has 2 aromatic rings. The van der Waals surface area contributed by atoms with E-state index in [9.17, 15) is 4.39 Å². The zero-order valence-electron chi connectivity index (χ0n) is 13.7. The highest BCUT2D eigenvalue weighted by atomic mass is 32.1. The van der Waals surface area contributed by atoms with E-state index in [4.69, 9.17) is 12.2 Å². The number of halogens is 1. The molecule has 23 heavy (non-hydrogen) atoms. The van der Waals surface area contributed by atoms with Gasteiger partial charge in [-0.1, -0.05) is 30.3 Å². The number of aryl methyl sites for hydroxylation is 1. The highest BCUT2D eigenvalue weighted by Crippen LogP contribution is 2.13. The SMILES string of the molecule is Cc1ccc(NC(=S)NCc2ccc(CN(C)C)cc2)cc1F. The number of anilines is 1. The van der Waals surface area contributed by atoms with Crippen LogP contribution in [0.2, 0.25) is 0 Å². The Kier molecular flexibility index (Phi) is 6.07. The van der Waals surface area contributed by atoms with Gasteiger partial charge < -0.3 is 15.5 Å².